The number of ether oxygens (including phenoxy) is 1. The van der Waals surface area contributed by atoms with E-state index in [4.69, 9.17) is 16.3 Å². The Labute approximate surface area is 117 Å². The van der Waals surface area contributed by atoms with E-state index in [1.807, 2.05) is 0 Å². The molecule has 20 heavy (non-hydrogen) atoms. The number of nitro benzene ring substituents is 1. The van der Waals surface area contributed by atoms with E-state index in [1.165, 1.54) is 18.2 Å². The number of benzene rings is 2. The quantitative estimate of drug-likeness (QED) is 0.486. The number of hydrogen-bond donors (Lipinski definition) is 0. The zero-order chi connectivity index (χ0) is 14.7. The molecule has 5 nitrogen and oxygen atoms in total. The van der Waals surface area contributed by atoms with Crippen LogP contribution in [0.15, 0.2) is 36.4 Å². The van der Waals surface area contributed by atoms with Crippen molar-refractivity contribution in [3.05, 3.63) is 62.9 Å². The van der Waals surface area contributed by atoms with Crippen molar-refractivity contribution in [2.24, 2.45) is 0 Å². The molecule has 0 radical (unpaired) electrons. The fourth-order valence-corrected chi connectivity index (χ4v) is 1.77. The van der Waals surface area contributed by atoms with Crippen LogP contribution in [-0.4, -0.2) is 11.2 Å². The van der Waals surface area contributed by atoms with E-state index in [9.17, 15) is 19.3 Å². The molecule has 2 aromatic rings. The molecule has 2 aromatic carbocycles. The molecular weight excluding hydrogens is 289 g/mol. The fourth-order valence-electron chi connectivity index (χ4n) is 1.56. The molecule has 0 saturated heterocycles. The molecular formula is C13H7ClFNO4. The van der Waals surface area contributed by atoms with Crippen molar-refractivity contribution >= 4 is 23.6 Å². The van der Waals surface area contributed by atoms with Gasteiger partial charge in [0.2, 0.25) is 5.75 Å². The van der Waals surface area contributed by atoms with Gasteiger partial charge in [-0.15, -0.1) is 0 Å². The average Bonchev–Trinajstić information content (AvgIpc) is 2.38. The summed E-state index contributed by atoms with van der Waals surface area (Å²) in [7, 11) is 0. The van der Waals surface area contributed by atoms with E-state index in [-0.39, 0.29) is 22.1 Å². The highest BCUT2D eigenvalue weighted by atomic mass is 35.5. The van der Waals surface area contributed by atoms with Crippen molar-refractivity contribution in [3.63, 3.8) is 0 Å². The van der Waals surface area contributed by atoms with E-state index in [1.54, 1.807) is 0 Å². The number of halogens is 2. The lowest BCUT2D eigenvalue weighted by Gasteiger charge is -2.09. The number of nitrogens with zero attached hydrogens (tertiary/aromatic N) is 1. The summed E-state index contributed by atoms with van der Waals surface area (Å²) in [5.41, 5.74) is -0.379. The monoisotopic (exact) mass is 295 g/mol. The molecule has 0 atom stereocenters. The van der Waals surface area contributed by atoms with Gasteiger partial charge < -0.3 is 4.74 Å². The Morgan fingerprint density at radius 2 is 2.00 bits per heavy atom. The molecule has 0 aromatic heterocycles. The van der Waals surface area contributed by atoms with Gasteiger partial charge in [-0.05, 0) is 18.2 Å². The molecule has 0 heterocycles. The fraction of sp³-hybridized carbons (Fsp3) is 0. The first-order valence-electron chi connectivity index (χ1n) is 5.38. The van der Waals surface area contributed by atoms with Crippen molar-refractivity contribution in [2.75, 3.05) is 0 Å². The summed E-state index contributed by atoms with van der Waals surface area (Å²) in [5.74, 6) is -0.984. The van der Waals surface area contributed by atoms with Gasteiger partial charge in [-0.25, -0.2) is 4.39 Å². The molecule has 0 aliphatic carbocycles. The number of carbonyl (C=O) groups excluding carboxylic acids is 1. The van der Waals surface area contributed by atoms with E-state index < -0.39 is 16.4 Å². The van der Waals surface area contributed by atoms with Crippen molar-refractivity contribution in [1.82, 2.24) is 0 Å². The smallest absolute Gasteiger partial charge is 0.311 e. The Hall–Kier alpha value is -2.47. The van der Waals surface area contributed by atoms with Crippen molar-refractivity contribution in [2.45, 2.75) is 0 Å². The number of aldehydes is 1. The summed E-state index contributed by atoms with van der Waals surface area (Å²) in [6.45, 7) is 0. The third-order valence-corrected chi connectivity index (χ3v) is 2.80. The third-order valence-electron chi connectivity index (χ3n) is 2.47. The molecule has 7 heteroatoms. The summed E-state index contributed by atoms with van der Waals surface area (Å²) < 4.78 is 18.4. The zero-order valence-corrected chi connectivity index (χ0v) is 10.6. The van der Waals surface area contributed by atoms with Gasteiger partial charge in [-0.1, -0.05) is 17.7 Å². The number of carbonyl (C=O) groups is 1. The number of hydrogen-bond acceptors (Lipinski definition) is 4. The molecule has 102 valence electrons. The minimum atomic E-state index is -0.708. The molecule has 0 aliphatic heterocycles. The average molecular weight is 296 g/mol. The van der Waals surface area contributed by atoms with Gasteiger partial charge in [0.1, 0.15) is 11.6 Å². The van der Waals surface area contributed by atoms with Crippen LogP contribution in [0.3, 0.4) is 0 Å². The second-order valence-electron chi connectivity index (χ2n) is 3.74. The lowest BCUT2D eigenvalue weighted by atomic mass is 10.2. The maximum absolute atomic E-state index is 13.2. The Balaban J connectivity index is 2.50. The van der Waals surface area contributed by atoms with Gasteiger partial charge in [0.25, 0.3) is 0 Å². The molecule has 0 unspecified atom stereocenters. The van der Waals surface area contributed by atoms with Crippen LogP contribution in [0.25, 0.3) is 0 Å². The van der Waals surface area contributed by atoms with Crippen molar-refractivity contribution < 1.29 is 18.8 Å². The largest absolute Gasteiger partial charge is 0.449 e. The van der Waals surface area contributed by atoms with Crippen LogP contribution >= 0.6 is 11.6 Å². The summed E-state index contributed by atoms with van der Waals surface area (Å²) >= 11 is 5.81. The van der Waals surface area contributed by atoms with E-state index >= 15 is 0 Å². The van der Waals surface area contributed by atoms with Gasteiger partial charge >= 0.3 is 5.69 Å². The Morgan fingerprint density at radius 1 is 1.25 bits per heavy atom. The maximum Gasteiger partial charge on any atom is 0.311 e. The number of rotatable bonds is 4. The second kappa shape index (κ2) is 5.66. The molecule has 0 bridgehead atoms. The van der Waals surface area contributed by atoms with Crippen LogP contribution in [0.1, 0.15) is 10.4 Å². The lowest BCUT2D eigenvalue weighted by molar-refractivity contribution is -0.385. The summed E-state index contributed by atoms with van der Waals surface area (Å²) in [6.07, 6.45) is 0.461. The van der Waals surface area contributed by atoms with Crippen LogP contribution in [0, 0.1) is 15.9 Å². The number of nitro groups is 1. The topological polar surface area (TPSA) is 69.4 Å². The predicted octanol–water partition coefficient (Wildman–Crippen LogP) is 3.99. The molecule has 0 N–H and O–H groups in total. The van der Waals surface area contributed by atoms with Gasteiger partial charge in [0.05, 0.1) is 15.5 Å². The van der Waals surface area contributed by atoms with Crippen molar-refractivity contribution in [3.8, 4) is 11.5 Å². The maximum atomic E-state index is 13.2. The second-order valence-corrected chi connectivity index (χ2v) is 4.15. The van der Waals surface area contributed by atoms with E-state index in [0.717, 1.165) is 18.2 Å². The lowest BCUT2D eigenvalue weighted by Crippen LogP contribution is -1.96. The minimum absolute atomic E-state index is 0.0150. The van der Waals surface area contributed by atoms with Gasteiger partial charge in [0.15, 0.2) is 6.29 Å². The van der Waals surface area contributed by atoms with Crippen LogP contribution in [0.4, 0.5) is 10.1 Å². The molecule has 0 amide bonds. The minimum Gasteiger partial charge on any atom is -0.449 e. The first kappa shape index (κ1) is 14.0. The van der Waals surface area contributed by atoms with E-state index in [2.05, 4.69) is 0 Å². The van der Waals surface area contributed by atoms with Gasteiger partial charge in [-0.3, -0.25) is 14.9 Å². The Morgan fingerprint density at radius 3 is 2.65 bits per heavy atom. The van der Waals surface area contributed by atoms with Crippen LogP contribution in [0.2, 0.25) is 5.02 Å². The molecule has 0 spiro atoms. The van der Waals surface area contributed by atoms with Gasteiger partial charge in [0, 0.05) is 12.1 Å². The van der Waals surface area contributed by atoms with Crippen LogP contribution < -0.4 is 4.74 Å². The zero-order valence-electron chi connectivity index (χ0n) is 9.88. The summed E-state index contributed by atoms with van der Waals surface area (Å²) in [5, 5.41) is 11.0. The Bertz CT molecular complexity index is 690. The predicted molar refractivity (Wildman–Crippen MR) is 70.0 cm³/mol. The normalized spacial score (nSPS) is 10.1. The van der Waals surface area contributed by atoms with Crippen molar-refractivity contribution in [1.29, 1.82) is 0 Å². The van der Waals surface area contributed by atoms with E-state index in [0.29, 0.717) is 6.29 Å². The highest BCUT2D eigenvalue weighted by molar-refractivity contribution is 6.33. The molecule has 2 rings (SSSR count). The van der Waals surface area contributed by atoms with Crippen LogP contribution in [-0.2, 0) is 0 Å². The molecule has 0 fully saturated rings. The highest BCUT2D eigenvalue weighted by Gasteiger charge is 2.18. The summed E-state index contributed by atoms with van der Waals surface area (Å²) in [6, 6.07) is 7.19. The first-order valence-corrected chi connectivity index (χ1v) is 5.76. The molecule has 0 aliphatic rings. The standard InChI is InChI=1S/C13H7ClFNO4/c14-10-2-1-3-12(9(10)7-17)20-13-6-8(15)4-5-11(13)16(18)19/h1-7H. The van der Waals surface area contributed by atoms with Gasteiger partial charge in [-0.2, -0.15) is 0 Å². The highest BCUT2D eigenvalue weighted by Crippen LogP contribution is 2.34. The summed E-state index contributed by atoms with van der Waals surface area (Å²) in [4.78, 5) is 21.1. The first-order chi connectivity index (χ1) is 9.52. The Kier molecular flexibility index (Phi) is 3.95. The van der Waals surface area contributed by atoms with Crippen LogP contribution in [0.5, 0.6) is 11.5 Å². The third kappa shape index (κ3) is 2.75. The molecule has 0 saturated carbocycles. The SMILES string of the molecule is O=Cc1c(Cl)cccc1Oc1cc(F)ccc1[N+](=O)[O-].